The molecule has 33 heavy (non-hydrogen) atoms. The van der Waals surface area contributed by atoms with Gasteiger partial charge in [0.25, 0.3) is 5.91 Å². The Hall–Kier alpha value is -3.04. The quantitative estimate of drug-likeness (QED) is 0.631. The third-order valence-electron chi connectivity index (χ3n) is 5.60. The van der Waals surface area contributed by atoms with Crippen LogP contribution in [-0.4, -0.2) is 59.1 Å². The molecule has 9 heteroatoms. The highest BCUT2D eigenvalue weighted by Crippen LogP contribution is 2.33. The van der Waals surface area contributed by atoms with E-state index in [1.165, 1.54) is 18.5 Å². The van der Waals surface area contributed by atoms with Gasteiger partial charge in [0.2, 0.25) is 10.0 Å². The van der Waals surface area contributed by atoms with Crippen LogP contribution >= 0.6 is 0 Å². The zero-order chi connectivity index (χ0) is 24.0. The van der Waals surface area contributed by atoms with Crippen molar-refractivity contribution in [1.82, 2.24) is 9.62 Å². The van der Waals surface area contributed by atoms with Crippen LogP contribution in [0.4, 0.5) is 0 Å². The first kappa shape index (κ1) is 24.6. The lowest BCUT2D eigenvalue weighted by atomic mass is 10.0. The fourth-order valence-electron chi connectivity index (χ4n) is 3.83. The van der Waals surface area contributed by atoms with E-state index >= 15 is 0 Å². The second kappa shape index (κ2) is 10.7. The van der Waals surface area contributed by atoms with Crippen molar-refractivity contribution in [3.8, 4) is 17.2 Å². The minimum absolute atomic E-state index is 0.127. The van der Waals surface area contributed by atoms with E-state index < -0.39 is 10.0 Å². The number of methoxy groups -OCH3 is 3. The molecule has 0 bridgehead atoms. The van der Waals surface area contributed by atoms with Gasteiger partial charge in [-0.25, -0.2) is 8.42 Å². The number of ether oxygens (including phenoxy) is 3. The molecule has 0 aromatic heterocycles. The van der Waals surface area contributed by atoms with Crippen LogP contribution in [0.3, 0.4) is 0 Å². The highest BCUT2D eigenvalue weighted by atomic mass is 32.2. The number of piperidine rings is 1. The van der Waals surface area contributed by atoms with Gasteiger partial charge in [0, 0.05) is 30.3 Å². The summed E-state index contributed by atoms with van der Waals surface area (Å²) in [6.07, 6.45) is 4.75. The van der Waals surface area contributed by atoms with Crippen molar-refractivity contribution in [2.45, 2.75) is 30.7 Å². The molecular formula is C24H30N2O6S. The van der Waals surface area contributed by atoms with E-state index in [0.717, 1.165) is 5.56 Å². The number of hydrogen-bond donors (Lipinski definition) is 1. The van der Waals surface area contributed by atoms with Gasteiger partial charge in [0.15, 0.2) is 11.5 Å². The van der Waals surface area contributed by atoms with E-state index in [0.29, 0.717) is 48.7 Å². The van der Waals surface area contributed by atoms with Gasteiger partial charge in [-0.05, 0) is 56.2 Å². The first-order valence-corrected chi connectivity index (χ1v) is 12.1. The Bertz CT molecular complexity index is 1100. The number of hydrogen-bond acceptors (Lipinski definition) is 6. The molecule has 178 valence electrons. The average molecular weight is 475 g/mol. The predicted molar refractivity (Wildman–Crippen MR) is 126 cm³/mol. The van der Waals surface area contributed by atoms with Gasteiger partial charge in [-0.2, -0.15) is 4.31 Å². The SMILES string of the molecule is C/C=C/c1cc(C(=O)NC2CCN(S(=O)(=O)c3ccc(OC)cc3)CC2)cc(OC)c1OC. The molecule has 1 saturated heterocycles. The molecule has 0 saturated carbocycles. The maximum absolute atomic E-state index is 12.9. The fourth-order valence-corrected chi connectivity index (χ4v) is 5.30. The Balaban J connectivity index is 1.67. The zero-order valence-electron chi connectivity index (χ0n) is 19.3. The van der Waals surface area contributed by atoms with Gasteiger partial charge in [0.1, 0.15) is 5.75 Å². The molecule has 0 atom stereocenters. The summed E-state index contributed by atoms with van der Waals surface area (Å²) in [6.45, 7) is 2.54. The van der Waals surface area contributed by atoms with Gasteiger partial charge in [0.05, 0.1) is 26.2 Å². The van der Waals surface area contributed by atoms with Crippen LogP contribution in [-0.2, 0) is 10.0 Å². The molecule has 1 amide bonds. The van der Waals surface area contributed by atoms with Crippen LogP contribution in [0.2, 0.25) is 0 Å². The number of benzene rings is 2. The maximum atomic E-state index is 12.9. The van der Waals surface area contributed by atoms with Gasteiger partial charge < -0.3 is 19.5 Å². The summed E-state index contributed by atoms with van der Waals surface area (Å²) in [7, 11) is 1.02. The lowest BCUT2D eigenvalue weighted by molar-refractivity contribution is 0.0923. The van der Waals surface area contributed by atoms with Gasteiger partial charge in [-0.3, -0.25) is 4.79 Å². The molecule has 2 aromatic carbocycles. The lowest BCUT2D eigenvalue weighted by Gasteiger charge is -2.31. The molecule has 8 nitrogen and oxygen atoms in total. The third-order valence-corrected chi connectivity index (χ3v) is 7.52. The predicted octanol–water partition coefficient (Wildman–Crippen LogP) is 3.33. The molecule has 1 heterocycles. The Morgan fingerprint density at radius 2 is 1.70 bits per heavy atom. The van der Waals surface area contributed by atoms with Crippen LogP contribution in [0.5, 0.6) is 17.2 Å². The summed E-state index contributed by atoms with van der Waals surface area (Å²) in [5.74, 6) is 1.39. The Labute approximate surface area is 195 Å². The van der Waals surface area contributed by atoms with Crippen molar-refractivity contribution in [3.63, 3.8) is 0 Å². The molecule has 0 unspecified atom stereocenters. The molecular weight excluding hydrogens is 444 g/mol. The number of amides is 1. The lowest BCUT2D eigenvalue weighted by Crippen LogP contribution is -2.46. The second-order valence-electron chi connectivity index (χ2n) is 7.63. The van der Waals surface area contributed by atoms with E-state index in [9.17, 15) is 13.2 Å². The summed E-state index contributed by atoms with van der Waals surface area (Å²) in [4.78, 5) is 13.2. The minimum atomic E-state index is -3.59. The Morgan fingerprint density at radius 1 is 1.03 bits per heavy atom. The standard InChI is InChI=1S/C24H30N2O6S/c1-5-6-17-15-18(16-22(31-3)23(17)32-4)24(27)25-19-11-13-26(14-12-19)33(28,29)21-9-7-20(30-2)8-10-21/h5-10,15-16,19H,11-14H2,1-4H3,(H,25,27)/b6-5+. The zero-order valence-corrected chi connectivity index (χ0v) is 20.1. The second-order valence-corrected chi connectivity index (χ2v) is 9.57. The number of nitrogens with zero attached hydrogens (tertiary/aromatic N) is 1. The van der Waals surface area contributed by atoms with Crippen molar-refractivity contribution in [3.05, 3.63) is 53.6 Å². The first-order valence-electron chi connectivity index (χ1n) is 10.7. The number of nitrogens with one attached hydrogen (secondary N) is 1. The number of allylic oxidation sites excluding steroid dienone is 1. The van der Waals surface area contributed by atoms with Crippen molar-refractivity contribution in [2.24, 2.45) is 0 Å². The van der Waals surface area contributed by atoms with Crippen molar-refractivity contribution in [2.75, 3.05) is 34.4 Å². The molecule has 0 radical (unpaired) electrons. The van der Waals surface area contributed by atoms with Crippen LogP contribution in [0.1, 0.15) is 35.7 Å². The van der Waals surface area contributed by atoms with Crippen LogP contribution in [0.15, 0.2) is 47.4 Å². The molecule has 1 N–H and O–H groups in total. The van der Waals surface area contributed by atoms with Crippen molar-refractivity contribution in [1.29, 1.82) is 0 Å². The normalized spacial score (nSPS) is 15.4. The van der Waals surface area contributed by atoms with Crippen LogP contribution in [0.25, 0.3) is 6.08 Å². The molecule has 1 aliphatic heterocycles. The summed E-state index contributed by atoms with van der Waals surface area (Å²) in [5.41, 5.74) is 1.19. The highest BCUT2D eigenvalue weighted by molar-refractivity contribution is 7.89. The van der Waals surface area contributed by atoms with Crippen molar-refractivity contribution >= 4 is 22.0 Å². The molecule has 2 aromatic rings. The monoisotopic (exact) mass is 474 g/mol. The summed E-state index contributed by atoms with van der Waals surface area (Å²) in [5, 5.41) is 3.02. The number of sulfonamides is 1. The number of carbonyl (C=O) groups is 1. The fraction of sp³-hybridized carbons (Fsp3) is 0.375. The van der Waals surface area contributed by atoms with Gasteiger partial charge >= 0.3 is 0 Å². The minimum Gasteiger partial charge on any atom is -0.497 e. The van der Waals surface area contributed by atoms with E-state index in [1.54, 1.807) is 43.5 Å². The first-order chi connectivity index (χ1) is 15.8. The summed E-state index contributed by atoms with van der Waals surface area (Å²) >= 11 is 0. The smallest absolute Gasteiger partial charge is 0.251 e. The van der Waals surface area contributed by atoms with Crippen molar-refractivity contribution < 1.29 is 27.4 Å². The van der Waals surface area contributed by atoms with E-state index in [1.807, 2.05) is 19.1 Å². The molecule has 0 aliphatic carbocycles. The Kier molecular flexibility index (Phi) is 7.99. The third kappa shape index (κ3) is 5.48. The summed E-state index contributed by atoms with van der Waals surface area (Å²) in [6, 6.07) is 9.61. The largest absolute Gasteiger partial charge is 0.497 e. The summed E-state index contributed by atoms with van der Waals surface area (Å²) < 4.78 is 43.2. The van der Waals surface area contributed by atoms with E-state index in [-0.39, 0.29) is 16.8 Å². The van der Waals surface area contributed by atoms with Crippen LogP contribution in [0, 0.1) is 0 Å². The molecule has 3 rings (SSSR count). The molecule has 1 aliphatic rings. The molecule has 1 fully saturated rings. The van der Waals surface area contributed by atoms with Crippen LogP contribution < -0.4 is 19.5 Å². The maximum Gasteiger partial charge on any atom is 0.251 e. The Morgan fingerprint density at radius 3 is 2.24 bits per heavy atom. The average Bonchev–Trinajstić information content (AvgIpc) is 2.84. The number of rotatable bonds is 8. The highest BCUT2D eigenvalue weighted by Gasteiger charge is 2.30. The topological polar surface area (TPSA) is 94.2 Å². The molecule has 0 spiro atoms. The van der Waals surface area contributed by atoms with E-state index in [2.05, 4.69) is 5.32 Å². The van der Waals surface area contributed by atoms with E-state index in [4.69, 9.17) is 14.2 Å². The van der Waals surface area contributed by atoms with Gasteiger partial charge in [-0.15, -0.1) is 0 Å². The van der Waals surface area contributed by atoms with Gasteiger partial charge in [-0.1, -0.05) is 12.2 Å². The number of carbonyl (C=O) groups excluding carboxylic acids is 1.